The molecule has 2 aliphatic heterocycles. The fourth-order valence-electron chi connectivity index (χ4n) is 5.34. The highest BCUT2D eigenvalue weighted by Gasteiger charge is 2.28. The van der Waals surface area contributed by atoms with Crippen molar-refractivity contribution in [2.45, 2.75) is 65.9 Å². The predicted octanol–water partition coefficient (Wildman–Crippen LogP) is 6.99. The summed E-state index contributed by atoms with van der Waals surface area (Å²) >= 11 is 5.72. The number of carboxylic acids is 1. The average molecular weight is 614 g/mol. The van der Waals surface area contributed by atoms with E-state index in [4.69, 9.17) is 26.2 Å². The van der Waals surface area contributed by atoms with Crippen LogP contribution in [0, 0.1) is 19.7 Å². The lowest BCUT2D eigenvalue weighted by molar-refractivity contribution is -0.136. The van der Waals surface area contributed by atoms with Crippen LogP contribution in [0.25, 0.3) is 11.1 Å². The van der Waals surface area contributed by atoms with E-state index in [2.05, 4.69) is 11.0 Å². The molecule has 0 aromatic heterocycles. The van der Waals surface area contributed by atoms with Crippen molar-refractivity contribution in [3.63, 3.8) is 0 Å². The van der Waals surface area contributed by atoms with Gasteiger partial charge in [0, 0.05) is 24.8 Å². The van der Waals surface area contributed by atoms with Crippen LogP contribution in [0.15, 0.2) is 30.3 Å². The molecule has 0 saturated carbocycles. The highest BCUT2D eigenvalue weighted by molar-refractivity contribution is 6.32. The van der Waals surface area contributed by atoms with Crippen LogP contribution in [0.3, 0.4) is 0 Å². The summed E-state index contributed by atoms with van der Waals surface area (Å²) in [5, 5.41) is 18.5. The topological polar surface area (TPSA) is 96.3 Å². The number of hydrogen-bond donors (Lipinski definition) is 2. The number of aldehydes is 1. The summed E-state index contributed by atoms with van der Waals surface area (Å²) in [6, 6.07) is 8.63. The van der Waals surface area contributed by atoms with Gasteiger partial charge >= 0.3 is 5.97 Å². The van der Waals surface area contributed by atoms with Crippen LogP contribution < -0.4 is 14.4 Å². The minimum Gasteiger partial charge on any atom is -0.494 e. The summed E-state index contributed by atoms with van der Waals surface area (Å²) in [5.74, 6) is -0.425. The van der Waals surface area contributed by atoms with Crippen molar-refractivity contribution in [2.75, 3.05) is 32.2 Å². The second kappa shape index (κ2) is 14.2. The minimum atomic E-state index is -0.870. The Morgan fingerprint density at radius 3 is 2.44 bits per heavy atom. The third kappa shape index (κ3) is 8.27. The SMILES string of the molecule is CC(C)(C)O.COc1c(Cl)cccc1C=O.Cc1cc2c(c(-c3cc(F)c4c(c3C)CCCO4)c1CC(=O)O)CCN2C. The van der Waals surface area contributed by atoms with Gasteiger partial charge in [-0.05, 0) is 112 Å². The molecule has 3 aromatic rings. The van der Waals surface area contributed by atoms with E-state index in [0.29, 0.717) is 35.0 Å². The fourth-order valence-corrected chi connectivity index (χ4v) is 5.59. The number of methoxy groups -OCH3 is 1. The Morgan fingerprint density at radius 1 is 1.19 bits per heavy atom. The lowest BCUT2D eigenvalue weighted by Crippen LogP contribution is -2.14. The van der Waals surface area contributed by atoms with E-state index in [-0.39, 0.29) is 12.2 Å². The first-order valence-corrected chi connectivity index (χ1v) is 14.6. The molecule has 9 heteroatoms. The molecule has 0 unspecified atom stereocenters. The zero-order chi connectivity index (χ0) is 32.1. The van der Waals surface area contributed by atoms with Gasteiger partial charge in [0.1, 0.15) is 5.75 Å². The Balaban J connectivity index is 0.000000261. The van der Waals surface area contributed by atoms with Gasteiger partial charge in [-0.1, -0.05) is 17.7 Å². The summed E-state index contributed by atoms with van der Waals surface area (Å²) in [7, 11) is 3.52. The number of carbonyl (C=O) groups is 2. The van der Waals surface area contributed by atoms with Crippen molar-refractivity contribution >= 4 is 29.5 Å². The van der Waals surface area contributed by atoms with Gasteiger partial charge in [0.25, 0.3) is 0 Å². The van der Waals surface area contributed by atoms with Gasteiger partial charge in [0.05, 0.1) is 36.3 Å². The maximum absolute atomic E-state index is 14.9. The summed E-state index contributed by atoms with van der Waals surface area (Å²) in [4.78, 5) is 24.1. The molecule has 2 N–H and O–H groups in total. The number of aryl methyl sites for hydroxylation is 1. The molecule has 0 fully saturated rings. The van der Waals surface area contributed by atoms with Crippen molar-refractivity contribution in [1.29, 1.82) is 0 Å². The Kier molecular flexibility index (Phi) is 11.2. The average Bonchev–Trinajstić information content (AvgIpc) is 3.30. The maximum Gasteiger partial charge on any atom is 0.307 e. The maximum atomic E-state index is 14.9. The number of ether oxygens (including phenoxy) is 2. The normalized spacial score (nSPS) is 13.4. The highest BCUT2D eigenvalue weighted by Crippen LogP contribution is 2.44. The molecule has 0 spiro atoms. The molecular weight excluding hydrogens is 573 g/mol. The Bertz CT molecular complexity index is 1490. The zero-order valence-electron chi connectivity index (χ0n) is 25.9. The molecule has 0 aliphatic carbocycles. The summed E-state index contributed by atoms with van der Waals surface area (Å²) in [6.07, 6.45) is 3.14. The number of rotatable bonds is 5. The molecule has 5 rings (SSSR count). The number of nitrogens with zero attached hydrogens (tertiary/aromatic N) is 1. The van der Waals surface area contributed by atoms with Crippen molar-refractivity contribution < 1.29 is 33.7 Å². The van der Waals surface area contributed by atoms with Gasteiger partial charge in [-0.3, -0.25) is 9.59 Å². The van der Waals surface area contributed by atoms with E-state index in [9.17, 15) is 19.1 Å². The second-order valence-electron chi connectivity index (χ2n) is 11.7. The van der Waals surface area contributed by atoms with Gasteiger partial charge in [-0.2, -0.15) is 0 Å². The standard InChI is InChI=1S/C22H24FNO3.C8H7ClO2.C4H10O/c1-12-9-19-15(6-7-24(19)3)21(16(12)11-20(25)26)17-10-18(23)22-14(13(17)2)5-4-8-27-22;1-11-8-6(5-10)3-2-4-7(8)9;1-4(2,3)5/h9-10H,4-8,11H2,1-3H3,(H,25,26);2-5H,1H3;5H,1-3H3. The smallest absolute Gasteiger partial charge is 0.307 e. The Morgan fingerprint density at radius 2 is 1.86 bits per heavy atom. The molecule has 43 heavy (non-hydrogen) atoms. The third-order valence-corrected chi connectivity index (χ3v) is 7.51. The molecule has 7 nitrogen and oxygen atoms in total. The molecule has 0 amide bonds. The van der Waals surface area contributed by atoms with Gasteiger partial charge in [-0.15, -0.1) is 0 Å². The molecule has 0 radical (unpaired) electrons. The van der Waals surface area contributed by atoms with Crippen molar-refractivity contribution in [1.82, 2.24) is 0 Å². The number of likely N-dealkylation sites (N-methyl/N-ethyl adjacent to an activating group) is 1. The summed E-state index contributed by atoms with van der Waals surface area (Å²) in [5.41, 5.74) is 7.57. The fraction of sp³-hybridized carbons (Fsp3) is 0.412. The molecule has 0 saturated heterocycles. The monoisotopic (exact) mass is 613 g/mol. The number of aliphatic carboxylic acids is 1. The summed E-state index contributed by atoms with van der Waals surface area (Å²) < 4.78 is 25.3. The van der Waals surface area contributed by atoms with Crippen LogP contribution in [-0.2, 0) is 24.1 Å². The number of para-hydroxylation sites is 1. The van der Waals surface area contributed by atoms with Crippen molar-refractivity contribution in [2.24, 2.45) is 0 Å². The highest BCUT2D eigenvalue weighted by atomic mass is 35.5. The van der Waals surface area contributed by atoms with Crippen molar-refractivity contribution in [3.8, 4) is 22.6 Å². The van der Waals surface area contributed by atoms with Crippen LogP contribution in [0.2, 0.25) is 5.02 Å². The zero-order valence-corrected chi connectivity index (χ0v) is 26.7. The second-order valence-corrected chi connectivity index (χ2v) is 12.1. The number of anilines is 1. The molecule has 0 atom stereocenters. The van der Waals surface area contributed by atoms with E-state index in [0.717, 1.165) is 70.4 Å². The van der Waals surface area contributed by atoms with Crippen molar-refractivity contribution in [3.05, 3.63) is 74.6 Å². The lowest BCUT2D eigenvalue weighted by Gasteiger charge is -2.25. The number of hydrogen-bond acceptors (Lipinski definition) is 6. The van der Waals surface area contributed by atoms with E-state index in [1.807, 2.05) is 20.9 Å². The number of carbonyl (C=O) groups excluding carboxylic acids is 1. The largest absolute Gasteiger partial charge is 0.494 e. The Labute approximate surface area is 258 Å². The van der Waals surface area contributed by atoms with Gasteiger partial charge < -0.3 is 24.6 Å². The van der Waals surface area contributed by atoms with Gasteiger partial charge in [0.15, 0.2) is 17.9 Å². The minimum absolute atomic E-state index is 0.0627. The molecular formula is C34H41ClFNO6. The van der Waals surface area contributed by atoms with Crippen LogP contribution in [0.1, 0.15) is 65.4 Å². The predicted molar refractivity (Wildman–Crippen MR) is 169 cm³/mol. The molecule has 3 aromatic carbocycles. The number of halogens is 2. The van der Waals surface area contributed by atoms with E-state index in [1.54, 1.807) is 39.0 Å². The number of fused-ring (bicyclic) bond motifs is 2. The van der Waals surface area contributed by atoms with E-state index < -0.39 is 11.6 Å². The first kappa shape index (κ1) is 33.9. The van der Waals surface area contributed by atoms with Crippen LogP contribution in [-0.4, -0.2) is 55.4 Å². The van der Waals surface area contributed by atoms with Crippen LogP contribution in [0.5, 0.6) is 11.5 Å². The number of carboxylic acid groups (broad SMARTS) is 1. The summed E-state index contributed by atoms with van der Waals surface area (Å²) in [6.45, 7) is 10.6. The van der Waals surface area contributed by atoms with Gasteiger partial charge in [-0.25, -0.2) is 4.39 Å². The van der Waals surface area contributed by atoms with Crippen LogP contribution in [0.4, 0.5) is 10.1 Å². The molecule has 0 bridgehead atoms. The number of aliphatic hydroxyl groups is 1. The molecule has 2 aliphatic rings. The Hall–Kier alpha value is -3.62. The number of benzene rings is 3. The van der Waals surface area contributed by atoms with Crippen LogP contribution >= 0.6 is 11.6 Å². The first-order chi connectivity index (χ1) is 20.2. The molecule has 2 heterocycles. The first-order valence-electron chi connectivity index (χ1n) is 14.2. The van der Waals surface area contributed by atoms with E-state index >= 15 is 0 Å². The third-order valence-electron chi connectivity index (χ3n) is 7.21. The lowest BCUT2D eigenvalue weighted by atomic mass is 9.84. The van der Waals surface area contributed by atoms with Gasteiger partial charge in [0.2, 0.25) is 0 Å². The quantitative estimate of drug-likeness (QED) is 0.299. The molecule has 232 valence electrons. The van der Waals surface area contributed by atoms with E-state index in [1.165, 1.54) is 13.2 Å².